The summed E-state index contributed by atoms with van der Waals surface area (Å²) in [6.45, 7) is 0.678. The van der Waals surface area contributed by atoms with Gasteiger partial charge in [-0.1, -0.05) is 4.68 Å². The van der Waals surface area contributed by atoms with Crippen LogP contribution in [0.4, 0.5) is 0 Å². The molecule has 0 aromatic carbocycles. The van der Waals surface area contributed by atoms with Gasteiger partial charge in [-0.2, -0.15) is 5.26 Å². The van der Waals surface area contributed by atoms with E-state index in [0.717, 1.165) is 0 Å². The summed E-state index contributed by atoms with van der Waals surface area (Å²) in [6.07, 6.45) is 4.07. The van der Waals surface area contributed by atoms with E-state index in [-0.39, 0.29) is 0 Å². The van der Waals surface area contributed by atoms with Gasteiger partial charge in [-0.3, -0.25) is 0 Å². The first-order valence-electron chi connectivity index (χ1n) is 3.11. The first-order chi connectivity index (χ1) is 4.93. The van der Waals surface area contributed by atoms with E-state index in [9.17, 15) is 0 Å². The standard InChI is InChI=1S/C7H8N3/c8-4-3-7-10-6-2-1-5-9-10/h1-2,5-6H,3,7H2/q+1. The van der Waals surface area contributed by atoms with Gasteiger partial charge in [0.2, 0.25) is 0 Å². The monoisotopic (exact) mass is 134 g/mol. The zero-order valence-corrected chi connectivity index (χ0v) is 5.57. The maximum atomic E-state index is 8.24. The van der Waals surface area contributed by atoms with Gasteiger partial charge in [0.05, 0.1) is 18.7 Å². The smallest absolute Gasteiger partial charge is 0.196 e. The highest BCUT2D eigenvalue weighted by atomic mass is 15.2. The van der Waals surface area contributed by atoms with E-state index in [1.807, 2.05) is 18.3 Å². The molecule has 0 aliphatic heterocycles. The zero-order chi connectivity index (χ0) is 7.23. The minimum atomic E-state index is 0.516. The van der Waals surface area contributed by atoms with Crippen LogP contribution >= 0.6 is 0 Å². The lowest BCUT2D eigenvalue weighted by atomic mass is 10.5. The van der Waals surface area contributed by atoms with E-state index in [1.165, 1.54) is 0 Å². The van der Waals surface area contributed by atoms with E-state index in [0.29, 0.717) is 13.0 Å². The Hall–Kier alpha value is -1.43. The highest BCUT2D eigenvalue weighted by Crippen LogP contribution is 1.75. The molecular formula is C7H8N3+. The molecule has 0 fully saturated rings. The van der Waals surface area contributed by atoms with Crippen molar-refractivity contribution in [2.75, 3.05) is 0 Å². The Morgan fingerprint density at radius 1 is 1.50 bits per heavy atom. The first-order valence-corrected chi connectivity index (χ1v) is 3.11. The summed E-state index contributed by atoms with van der Waals surface area (Å²) in [4.78, 5) is 0. The Kier molecular flexibility index (Phi) is 2.39. The summed E-state index contributed by atoms with van der Waals surface area (Å²) < 4.78 is 1.74. The van der Waals surface area contributed by atoms with Crippen LogP contribution in [-0.4, -0.2) is 5.10 Å². The Labute approximate surface area is 59.5 Å². The van der Waals surface area contributed by atoms with Crippen LogP contribution in [0.15, 0.2) is 24.5 Å². The van der Waals surface area contributed by atoms with Gasteiger partial charge in [-0.25, -0.2) is 0 Å². The number of nitrogens with zero attached hydrogens (tertiary/aromatic N) is 3. The summed E-state index contributed by atoms with van der Waals surface area (Å²) in [5.41, 5.74) is 0. The van der Waals surface area contributed by atoms with Gasteiger partial charge in [0.25, 0.3) is 0 Å². The van der Waals surface area contributed by atoms with Gasteiger partial charge >= 0.3 is 0 Å². The van der Waals surface area contributed by atoms with Crippen molar-refractivity contribution in [1.82, 2.24) is 5.10 Å². The second-order valence-electron chi connectivity index (χ2n) is 1.87. The molecule has 0 aliphatic carbocycles. The van der Waals surface area contributed by atoms with E-state index in [1.54, 1.807) is 10.9 Å². The second kappa shape index (κ2) is 3.57. The summed E-state index contributed by atoms with van der Waals surface area (Å²) in [5, 5.41) is 12.2. The molecule has 0 amide bonds. The van der Waals surface area contributed by atoms with E-state index >= 15 is 0 Å². The maximum Gasteiger partial charge on any atom is 0.196 e. The average molecular weight is 134 g/mol. The maximum absolute atomic E-state index is 8.24. The quantitative estimate of drug-likeness (QED) is 0.545. The topological polar surface area (TPSA) is 40.6 Å². The first kappa shape index (κ1) is 6.69. The van der Waals surface area contributed by atoms with E-state index in [4.69, 9.17) is 5.26 Å². The van der Waals surface area contributed by atoms with Gasteiger partial charge < -0.3 is 0 Å². The minimum absolute atomic E-state index is 0.516. The molecule has 0 aliphatic rings. The molecular weight excluding hydrogens is 126 g/mol. The third kappa shape index (κ3) is 1.82. The molecule has 3 heteroatoms. The van der Waals surface area contributed by atoms with Crippen molar-refractivity contribution in [3.8, 4) is 6.07 Å². The highest BCUT2D eigenvalue weighted by molar-refractivity contribution is 4.76. The molecule has 0 radical (unpaired) electrons. The Morgan fingerprint density at radius 3 is 3.00 bits per heavy atom. The highest BCUT2D eigenvalue weighted by Gasteiger charge is 1.96. The number of aromatic nitrogens is 2. The van der Waals surface area contributed by atoms with E-state index < -0.39 is 0 Å². The molecule has 0 spiro atoms. The van der Waals surface area contributed by atoms with Gasteiger partial charge in [0.15, 0.2) is 12.7 Å². The van der Waals surface area contributed by atoms with Crippen molar-refractivity contribution in [2.24, 2.45) is 0 Å². The van der Waals surface area contributed by atoms with Crippen LogP contribution in [0.1, 0.15) is 6.42 Å². The van der Waals surface area contributed by atoms with Crippen LogP contribution in [0.2, 0.25) is 0 Å². The number of aryl methyl sites for hydroxylation is 1. The van der Waals surface area contributed by atoms with Crippen molar-refractivity contribution < 1.29 is 4.68 Å². The Bertz CT molecular complexity index is 224. The molecule has 1 aromatic rings. The largest absolute Gasteiger partial charge is 0.198 e. The van der Waals surface area contributed by atoms with Crippen molar-refractivity contribution in [2.45, 2.75) is 13.0 Å². The van der Waals surface area contributed by atoms with Gasteiger partial charge in [0.1, 0.15) is 0 Å². The van der Waals surface area contributed by atoms with Gasteiger partial charge in [-0.05, 0) is 11.2 Å². The molecule has 0 saturated heterocycles. The summed E-state index contributed by atoms with van der Waals surface area (Å²) in [7, 11) is 0. The van der Waals surface area contributed by atoms with E-state index in [2.05, 4.69) is 11.2 Å². The SMILES string of the molecule is N#CCC[n+]1ccccn1. The van der Waals surface area contributed by atoms with Gasteiger partial charge in [-0.15, -0.1) is 0 Å². The van der Waals surface area contributed by atoms with Crippen molar-refractivity contribution in [3.63, 3.8) is 0 Å². The van der Waals surface area contributed by atoms with Gasteiger partial charge in [0, 0.05) is 6.07 Å². The molecule has 10 heavy (non-hydrogen) atoms. The van der Waals surface area contributed by atoms with Crippen molar-refractivity contribution in [1.29, 1.82) is 5.26 Å². The third-order valence-corrected chi connectivity index (χ3v) is 1.12. The minimum Gasteiger partial charge on any atom is -0.198 e. The number of hydrogen-bond donors (Lipinski definition) is 0. The van der Waals surface area contributed by atoms with Crippen molar-refractivity contribution in [3.05, 3.63) is 24.5 Å². The predicted octanol–water partition coefficient (Wildman–Crippen LogP) is 0.283. The molecule has 0 atom stereocenters. The molecule has 0 N–H and O–H groups in total. The number of rotatable bonds is 2. The lowest BCUT2D eigenvalue weighted by Crippen LogP contribution is -2.36. The van der Waals surface area contributed by atoms with Crippen molar-refractivity contribution >= 4 is 0 Å². The van der Waals surface area contributed by atoms with Crippen LogP contribution in [0.3, 0.4) is 0 Å². The molecule has 1 heterocycles. The van der Waals surface area contributed by atoms with Crippen LogP contribution in [0.5, 0.6) is 0 Å². The normalized spacial score (nSPS) is 8.70. The zero-order valence-electron chi connectivity index (χ0n) is 5.57. The Morgan fingerprint density at radius 2 is 2.40 bits per heavy atom. The van der Waals surface area contributed by atoms with Crippen LogP contribution in [0, 0.1) is 11.3 Å². The molecule has 0 unspecified atom stereocenters. The lowest BCUT2D eigenvalue weighted by Gasteiger charge is -1.84. The third-order valence-electron chi connectivity index (χ3n) is 1.12. The Balaban J connectivity index is 2.52. The molecule has 0 bridgehead atoms. The molecule has 1 rings (SSSR count). The summed E-state index contributed by atoms with van der Waals surface area (Å²) in [6, 6.07) is 5.80. The predicted molar refractivity (Wildman–Crippen MR) is 34.7 cm³/mol. The lowest BCUT2D eigenvalue weighted by molar-refractivity contribution is -0.753. The fourth-order valence-electron chi connectivity index (χ4n) is 0.658. The van der Waals surface area contributed by atoms with Crippen LogP contribution < -0.4 is 4.68 Å². The molecule has 0 saturated carbocycles. The second-order valence-corrected chi connectivity index (χ2v) is 1.87. The van der Waals surface area contributed by atoms with Crippen LogP contribution in [0.25, 0.3) is 0 Å². The summed E-state index contributed by atoms with van der Waals surface area (Å²) in [5.74, 6) is 0. The average Bonchev–Trinajstić information content (AvgIpc) is 2.03. The number of hydrogen-bond acceptors (Lipinski definition) is 2. The number of nitriles is 1. The summed E-state index contributed by atoms with van der Waals surface area (Å²) >= 11 is 0. The molecule has 3 nitrogen and oxygen atoms in total. The fraction of sp³-hybridized carbons (Fsp3) is 0.286. The van der Waals surface area contributed by atoms with Crippen LogP contribution in [-0.2, 0) is 6.54 Å². The fourth-order valence-corrected chi connectivity index (χ4v) is 0.658. The molecule has 50 valence electrons. The molecule has 1 aromatic heterocycles.